The van der Waals surface area contributed by atoms with Gasteiger partial charge >= 0.3 is 0 Å². The number of halogens is 1. The summed E-state index contributed by atoms with van der Waals surface area (Å²) in [7, 11) is 1.85. The lowest BCUT2D eigenvalue weighted by Crippen LogP contribution is -2.43. The first-order chi connectivity index (χ1) is 8.59. The molecule has 1 aliphatic rings. The third kappa shape index (κ3) is 2.84. The molecule has 0 bridgehead atoms. The largest absolute Gasteiger partial charge is 0.381 e. The number of nitrogens with zero attached hydrogens (tertiary/aromatic N) is 3. The van der Waals surface area contributed by atoms with Crippen LogP contribution < -0.4 is 0 Å². The molecular weight excluding hydrogens is 254 g/mol. The van der Waals surface area contributed by atoms with Gasteiger partial charge in [0.1, 0.15) is 6.04 Å². The van der Waals surface area contributed by atoms with Gasteiger partial charge in [0.2, 0.25) is 5.91 Å². The Kier molecular flexibility index (Phi) is 4.24. The van der Waals surface area contributed by atoms with E-state index in [0.717, 1.165) is 26.1 Å². The van der Waals surface area contributed by atoms with Crippen molar-refractivity contribution in [2.45, 2.75) is 31.8 Å². The SMILES string of the molecule is C[C@H](C(=O)N(C)C1CCOCC1)n1cc(Cl)cn1. The van der Waals surface area contributed by atoms with Gasteiger partial charge in [-0.05, 0) is 19.8 Å². The highest BCUT2D eigenvalue weighted by Crippen LogP contribution is 2.18. The number of aromatic nitrogens is 2. The van der Waals surface area contributed by atoms with Gasteiger partial charge in [-0.15, -0.1) is 0 Å². The molecule has 0 N–H and O–H groups in total. The van der Waals surface area contributed by atoms with Crippen LogP contribution in [-0.4, -0.2) is 46.9 Å². The van der Waals surface area contributed by atoms with Crippen LogP contribution in [0.4, 0.5) is 0 Å². The lowest BCUT2D eigenvalue weighted by Gasteiger charge is -2.32. The zero-order chi connectivity index (χ0) is 13.1. The van der Waals surface area contributed by atoms with Gasteiger partial charge in [-0.25, -0.2) is 0 Å². The van der Waals surface area contributed by atoms with Crippen molar-refractivity contribution in [3.63, 3.8) is 0 Å². The third-order valence-corrected chi connectivity index (χ3v) is 3.61. The van der Waals surface area contributed by atoms with Crippen molar-refractivity contribution in [2.24, 2.45) is 0 Å². The van der Waals surface area contributed by atoms with Gasteiger partial charge in [0, 0.05) is 32.5 Å². The quantitative estimate of drug-likeness (QED) is 0.841. The van der Waals surface area contributed by atoms with Crippen LogP contribution in [0.15, 0.2) is 12.4 Å². The van der Waals surface area contributed by atoms with Gasteiger partial charge < -0.3 is 9.64 Å². The first-order valence-electron chi connectivity index (χ1n) is 6.13. The minimum Gasteiger partial charge on any atom is -0.381 e. The molecule has 0 saturated carbocycles. The van der Waals surface area contributed by atoms with Crippen molar-refractivity contribution in [3.05, 3.63) is 17.4 Å². The van der Waals surface area contributed by atoms with Gasteiger partial charge in [0.05, 0.1) is 11.2 Å². The summed E-state index contributed by atoms with van der Waals surface area (Å²) < 4.78 is 6.90. The van der Waals surface area contributed by atoms with Gasteiger partial charge in [0.15, 0.2) is 0 Å². The molecular formula is C12H18ClN3O2. The van der Waals surface area contributed by atoms with Gasteiger partial charge in [-0.3, -0.25) is 9.48 Å². The Bertz CT molecular complexity index is 415. The third-order valence-electron chi connectivity index (χ3n) is 3.41. The van der Waals surface area contributed by atoms with E-state index in [1.807, 2.05) is 18.9 Å². The maximum atomic E-state index is 12.3. The Morgan fingerprint density at radius 1 is 1.61 bits per heavy atom. The molecule has 1 amide bonds. The van der Waals surface area contributed by atoms with E-state index in [2.05, 4.69) is 5.10 Å². The average Bonchev–Trinajstić information content (AvgIpc) is 2.84. The molecule has 1 saturated heterocycles. The summed E-state index contributed by atoms with van der Waals surface area (Å²) in [5.41, 5.74) is 0. The molecule has 18 heavy (non-hydrogen) atoms. The minimum atomic E-state index is -0.328. The molecule has 0 aliphatic carbocycles. The minimum absolute atomic E-state index is 0.0571. The zero-order valence-electron chi connectivity index (χ0n) is 10.7. The van der Waals surface area contributed by atoms with E-state index in [1.54, 1.807) is 17.1 Å². The second kappa shape index (κ2) is 5.71. The van der Waals surface area contributed by atoms with Gasteiger partial charge in [-0.1, -0.05) is 11.6 Å². The fraction of sp³-hybridized carbons (Fsp3) is 0.667. The number of likely N-dealkylation sites (N-methyl/N-ethyl adjacent to an activating group) is 1. The maximum absolute atomic E-state index is 12.3. The Morgan fingerprint density at radius 2 is 2.28 bits per heavy atom. The summed E-state index contributed by atoms with van der Waals surface area (Å²) >= 11 is 5.81. The van der Waals surface area contributed by atoms with E-state index in [1.165, 1.54) is 0 Å². The summed E-state index contributed by atoms with van der Waals surface area (Å²) in [5, 5.41) is 4.62. The van der Waals surface area contributed by atoms with E-state index < -0.39 is 0 Å². The molecule has 6 heteroatoms. The maximum Gasteiger partial charge on any atom is 0.247 e. The van der Waals surface area contributed by atoms with Crippen molar-refractivity contribution in [1.82, 2.24) is 14.7 Å². The molecule has 0 spiro atoms. The fourth-order valence-electron chi connectivity index (χ4n) is 2.19. The molecule has 1 aromatic rings. The van der Waals surface area contributed by atoms with Crippen molar-refractivity contribution >= 4 is 17.5 Å². The van der Waals surface area contributed by atoms with Crippen molar-refractivity contribution in [3.8, 4) is 0 Å². The summed E-state index contributed by atoms with van der Waals surface area (Å²) in [6.07, 6.45) is 5.01. The Balaban J connectivity index is 2.01. The smallest absolute Gasteiger partial charge is 0.247 e. The summed E-state index contributed by atoms with van der Waals surface area (Å²) in [6, 6.07) is -0.0647. The van der Waals surface area contributed by atoms with Crippen LogP contribution >= 0.6 is 11.6 Å². The number of ether oxygens (including phenoxy) is 1. The van der Waals surface area contributed by atoms with E-state index in [9.17, 15) is 4.79 Å². The molecule has 0 unspecified atom stereocenters. The van der Waals surface area contributed by atoms with Crippen LogP contribution in [0.5, 0.6) is 0 Å². The molecule has 1 aliphatic heterocycles. The molecule has 2 rings (SSSR count). The van der Waals surface area contributed by atoms with E-state index >= 15 is 0 Å². The van der Waals surface area contributed by atoms with Crippen LogP contribution in [0, 0.1) is 0 Å². The van der Waals surface area contributed by atoms with Crippen LogP contribution in [0.1, 0.15) is 25.8 Å². The topological polar surface area (TPSA) is 47.4 Å². The monoisotopic (exact) mass is 271 g/mol. The highest BCUT2D eigenvalue weighted by Gasteiger charge is 2.26. The summed E-state index contributed by atoms with van der Waals surface area (Å²) in [5.74, 6) is 0.0571. The molecule has 0 radical (unpaired) electrons. The van der Waals surface area contributed by atoms with Crippen molar-refractivity contribution in [1.29, 1.82) is 0 Å². The lowest BCUT2D eigenvalue weighted by molar-refractivity contribution is -0.137. The highest BCUT2D eigenvalue weighted by atomic mass is 35.5. The Morgan fingerprint density at radius 3 is 2.83 bits per heavy atom. The predicted octanol–water partition coefficient (Wildman–Crippen LogP) is 1.73. The second-order valence-electron chi connectivity index (χ2n) is 4.61. The predicted molar refractivity (Wildman–Crippen MR) is 68.6 cm³/mol. The average molecular weight is 272 g/mol. The Labute approximate surface area is 112 Å². The number of carbonyl (C=O) groups is 1. The molecule has 1 fully saturated rings. The van der Waals surface area contributed by atoms with Crippen LogP contribution in [-0.2, 0) is 9.53 Å². The van der Waals surface area contributed by atoms with Crippen LogP contribution in [0.3, 0.4) is 0 Å². The number of hydrogen-bond donors (Lipinski definition) is 0. The number of rotatable bonds is 3. The normalized spacial score (nSPS) is 18.6. The highest BCUT2D eigenvalue weighted by molar-refractivity contribution is 6.30. The number of carbonyl (C=O) groups excluding carboxylic acids is 1. The first kappa shape index (κ1) is 13.4. The molecule has 1 aromatic heterocycles. The molecule has 1 atom stereocenters. The van der Waals surface area contributed by atoms with Crippen molar-refractivity contribution < 1.29 is 9.53 Å². The molecule has 100 valence electrons. The zero-order valence-corrected chi connectivity index (χ0v) is 11.4. The van der Waals surface area contributed by atoms with E-state index in [4.69, 9.17) is 16.3 Å². The number of amides is 1. The molecule has 0 aromatic carbocycles. The lowest BCUT2D eigenvalue weighted by atomic mass is 10.1. The summed E-state index contributed by atoms with van der Waals surface area (Å²) in [4.78, 5) is 14.1. The van der Waals surface area contributed by atoms with Gasteiger partial charge in [0.25, 0.3) is 0 Å². The second-order valence-corrected chi connectivity index (χ2v) is 5.04. The Hall–Kier alpha value is -1.07. The number of hydrogen-bond acceptors (Lipinski definition) is 3. The summed E-state index contributed by atoms with van der Waals surface area (Å²) in [6.45, 7) is 3.29. The standard InChI is InChI=1S/C12H18ClN3O2/c1-9(16-8-10(13)7-14-16)12(17)15(2)11-3-5-18-6-4-11/h7-9,11H,3-6H2,1-2H3/t9-/m1/s1. The molecule has 5 nitrogen and oxygen atoms in total. The van der Waals surface area contributed by atoms with E-state index in [-0.39, 0.29) is 18.0 Å². The fourth-order valence-corrected chi connectivity index (χ4v) is 2.33. The van der Waals surface area contributed by atoms with Crippen molar-refractivity contribution in [2.75, 3.05) is 20.3 Å². The molecule has 2 heterocycles. The van der Waals surface area contributed by atoms with E-state index in [0.29, 0.717) is 5.02 Å². The van der Waals surface area contributed by atoms with Crippen LogP contribution in [0.2, 0.25) is 5.02 Å². The first-order valence-corrected chi connectivity index (χ1v) is 6.51. The van der Waals surface area contributed by atoms with Gasteiger partial charge in [-0.2, -0.15) is 5.10 Å². The van der Waals surface area contributed by atoms with Crippen LogP contribution in [0.25, 0.3) is 0 Å².